The van der Waals surface area contributed by atoms with Gasteiger partial charge in [-0.25, -0.2) is 4.98 Å². The van der Waals surface area contributed by atoms with Crippen molar-refractivity contribution in [3.63, 3.8) is 0 Å². The summed E-state index contributed by atoms with van der Waals surface area (Å²) in [5.41, 5.74) is 0. The Morgan fingerprint density at radius 2 is 2.10 bits per heavy atom. The van der Waals surface area contributed by atoms with Gasteiger partial charge in [-0.2, -0.15) is 0 Å². The van der Waals surface area contributed by atoms with E-state index in [0.717, 1.165) is 35.7 Å². The molecule has 3 heterocycles. The first-order valence-electron chi connectivity index (χ1n) is 7.66. The van der Waals surface area contributed by atoms with Crippen molar-refractivity contribution in [1.29, 1.82) is 0 Å². The molecule has 110 valence electrons. The molecule has 2 aliphatic heterocycles. The van der Waals surface area contributed by atoms with Crippen molar-refractivity contribution in [3.8, 4) is 0 Å². The lowest BCUT2D eigenvalue weighted by atomic mass is 10.0. The van der Waals surface area contributed by atoms with Gasteiger partial charge in [-0.3, -0.25) is 4.79 Å². The molecule has 0 saturated carbocycles. The van der Waals surface area contributed by atoms with Crippen LogP contribution in [0.5, 0.6) is 0 Å². The summed E-state index contributed by atoms with van der Waals surface area (Å²) in [4.78, 5) is 22.4. The standard InChI is InChI=1S/C15H23N3OS/c1-3-14-16-10-13(20-14)15(19)18-9-5-7-12(18)11-6-4-8-17(11)2/h10-12H,3-9H2,1-2H3/t11-,12+/m0/s1. The Morgan fingerprint density at radius 1 is 1.35 bits per heavy atom. The van der Waals surface area contributed by atoms with Crippen LogP contribution in [0.1, 0.15) is 47.3 Å². The van der Waals surface area contributed by atoms with E-state index in [1.807, 2.05) is 0 Å². The third kappa shape index (κ3) is 2.49. The number of likely N-dealkylation sites (tertiary alicyclic amines) is 2. The molecular weight excluding hydrogens is 270 g/mol. The maximum absolute atomic E-state index is 12.7. The van der Waals surface area contributed by atoms with E-state index in [0.29, 0.717) is 12.1 Å². The molecule has 2 saturated heterocycles. The van der Waals surface area contributed by atoms with Crippen LogP contribution in [0.15, 0.2) is 6.20 Å². The number of nitrogens with zero attached hydrogens (tertiary/aromatic N) is 3. The second-order valence-corrected chi connectivity index (χ2v) is 6.99. The molecule has 0 N–H and O–H groups in total. The Morgan fingerprint density at radius 3 is 2.75 bits per heavy atom. The quantitative estimate of drug-likeness (QED) is 0.858. The van der Waals surface area contributed by atoms with E-state index in [9.17, 15) is 4.79 Å². The van der Waals surface area contributed by atoms with Crippen molar-refractivity contribution in [3.05, 3.63) is 16.1 Å². The van der Waals surface area contributed by atoms with Crippen LogP contribution in [0.25, 0.3) is 0 Å². The van der Waals surface area contributed by atoms with Crippen LogP contribution in [0, 0.1) is 0 Å². The van der Waals surface area contributed by atoms with Crippen LogP contribution in [0.2, 0.25) is 0 Å². The fourth-order valence-electron chi connectivity index (χ4n) is 3.58. The lowest BCUT2D eigenvalue weighted by Crippen LogP contribution is -2.46. The maximum atomic E-state index is 12.7. The summed E-state index contributed by atoms with van der Waals surface area (Å²) in [5, 5.41) is 1.06. The highest BCUT2D eigenvalue weighted by molar-refractivity contribution is 7.13. The number of likely N-dealkylation sites (N-methyl/N-ethyl adjacent to an activating group) is 1. The van der Waals surface area contributed by atoms with Crippen LogP contribution >= 0.6 is 11.3 Å². The topological polar surface area (TPSA) is 36.4 Å². The van der Waals surface area contributed by atoms with Crippen LogP contribution in [-0.2, 0) is 6.42 Å². The molecule has 0 aliphatic carbocycles. The van der Waals surface area contributed by atoms with Crippen LogP contribution in [0.4, 0.5) is 0 Å². The van der Waals surface area contributed by atoms with Gasteiger partial charge >= 0.3 is 0 Å². The number of rotatable bonds is 3. The number of thiazole rings is 1. The van der Waals surface area contributed by atoms with Gasteiger partial charge in [-0.15, -0.1) is 11.3 Å². The Labute approximate surface area is 124 Å². The molecule has 1 aromatic rings. The van der Waals surface area contributed by atoms with Crippen molar-refractivity contribution in [2.24, 2.45) is 0 Å². The summed E-state index contributed by atoms with van der Waals surface area (Å²) >= 11 is 1.56. The SMILES string of the molecule is CCc1ncc(C(=O)N2CCC[C@@H]2[C@@H]2CCCN2C)s1. The fraction of sp³-hybridized carbons (Fsp3) is 0.733. The minimum absolute atomic E-state index is 0.199. The average Bonchev–Trinajstić information content (AvgIpc) is 3.17. The first kappa shape index (κ1) is 14.0. The van der Waals surface area contributed by atoms with Gasteiger partial charge in [0.2, 0.25) is 0 Å². The first-order valence-corrected chi connectivity index (χ1v) is 8.48. The predicted octanol–water partition coefficient (Wildman–Crippen LogP) is 2.40. The van der Waals surface area contributed by atoms with Gasteiger partial charge < -0.3 is 9.80 Å². The summed E-state index contributed by atoms with van der Waals surface area (Å²) in [5.74, 6) is 0.199. The van der Waals surface area contributed by atoms with Crippen LogP contribution in [-0.4, -0.2) is 52.9 Å². The highest BCUT2D eigenvalue weighted by atomic mass is 32.1. The number of carbonyl (C=O) groups is 1. The van der Waals surface area contributed by atoms with E-state index < -0.39 is 0 Å². The van der Waals surface area contributed by atoms with Crippen molar-refractivity contribution >= 4 is 17.2 Å². The molecule has 2 fully saturated rings. The zero-order valence-electron chi connectivity index (χ0n) is 12.3. The van der Waals surface area contributed by atoms with Crippen molar-refractivity contribution in [2.75, 3.05) is 20.1 Å². The fourth-order valence-corrected chi connectivity index (χ4v) is 4.39. The maximum Gasteiger partial charge on any atom is 0.265 e. The smallest absolute Gasteiger partial charge is 0.265 e. The second-order valence-electron chi connectivity index (χ2n) is 5.87. The molecule has 0 bridgehead atoms. The third-order valence-electron chi connectivity index (χ3n) is 4.65. The molecule has 3 rings (SSSR count). The monoisotopic (exact) mass is 293 g/mol. The van der Waals surface area contributed by atoms with Crippen LogP contribution in [0.3, 0.4) is 0 Å². The summed E-state index contributed by atoms with van der Waals surface area (Å²) in [7, 11) is 2.19. The zero-order valence-corrected chi connectivity index (χ0v) is 13.2. The minimum atomic E-state index is 0.199. The Kier molecular flexibility index (Phi) is 4.08. The van der Waals surface area contributed by atoms with Gasteiger partial charge in [0.15, 0.2) is 0 Å². The van der Waals surface area contributed by atoms with Gasteiger partial charge in [0.1, 0.15) is 4.88 Å². The Hall–Kier alpha value is -0.940. The van der Waals surface area contributed by atoms with E-state index in [1.165, 1.54) is 19.4 Å². The molecule has 1 aromatic heterocycles. The summed E-state index contributed by atoms with van der Waals surface area (Å²) < 4.78 is 0. The summed E-state index contributed by atoms with van der Waals surface area (Å²) in [6, 6.07) is 0.960. The first-order chi connectivity index (χ1) is 9.70. The average molecular weight is 293 g/mol. The number of aryl methyl sites for hydroxylation is 1. The predicted molar refractivity (Wildman–Crippen MR) is 81.2 cm³/mol. The molecule has 1 amide bonds. The largest absolute Gasteiger partial charge is 0.333 e. The molecule has 5 heteroatoms. The highest BCUT2D eigenvalue weighted by Crippen LogP contribution is 2.30. The zero-order chi connectivity index (χ0) is 14.1. The number of aromatic nitrogens is 1. The van der Waals surface area contributed by atoms with Gasteiger partial charge in [0, 0.05) is 18.6 Å². The number of carbonyl (C=O) groups excluding carboxylic acids is 1. The highest BCUT2D eigenvalue weighted by Gasteiger charge is 2.38. The molecule has 20 heavy (non-hydrogen) atoms. The van der Waals surface area contributed by atoms with Gasteiger partial charge in [0.25, 0.3) is 5.91 Å². The van der Waals surface area contributed by atoms with Crippen molar-refractivity contribution in [1.82, 2.24) is 14.8 Å². The van der Waals surface area contributed by atoms with E-state index in [1.54, 1.807) is 17.5 Å². The van der Waals surface area contributed by atoms with Crippen molar-refractivity contribution < 1.29 is 4.79 Å². The van der Waals surface area contributed by atoms with Gasteiger partial charge in [0.05, 0.1) is 11.2 Å². The van der Waals surface area contributed by atoms with Gasteiger partial charge in [-0.1, -0.05) is 6.92 Å². The number of amides is 1. The molecule has 0 aromatic carbocycles. The number of hydrogen-bond acceptors (Lipinski definition) is 4. The van der Waals surface area contributed by atoms with Gasteiger partial charge in [-0.05, 0) is 45.7 Å². The molecule has 0 spiro atoms. The van der Waals surface area contributed by atoms with E-state index in [4.69, 9.17) is 0 Å². The number of hydrogen-bond donors (Lipinski definition) is 0. The lowest BCUT2D eigenvalue weighted by Gasteiger charge is -2.33. The third-order valence-corrected chi connectivity index (χ3v) is 5.78. The molecular formula is C15H23N3OS. The molecule has 0 radical (unpaired) electrons. The normalized spacial score (nSPS) is 27.4. The molecule has 0 unspecified atom stereocenters. The van der Waals surface area contributed by atoms with Crippen molar-refractivity contribution in [2.45, 2.75) is 51.1 Å². The molecule has 2 aliphatic rings. The molecule has 4 nitrogen and oxygen atoms in total. The second kappa shape index (κ2) is 5.82. The van der Waals surface area contributed by atoms with E-state index in [-0.39, 0.29) is 5.91 Å². The Bertz CT molecular complexity index is 487. The van der Waals surface area contributed by atoms with E-state index in [2.05, 4.69) is 28.8 Å². The Balaban J connectivity index is 1.76. The summed E-state index contributed by atoms with van der Waals surface area (Å²) in [6.45, 7) is 4.16. The van der Waals surface area contributed by atoms with E-state index >= 15 is 0 Å². The summed E-state index contributed by atoms with van der Waals surface area (Å²) in [6.07, 6.45) is 7.46. The lowest BCUT2D eigenvalue weighted by molar-refractivity contribution is 0.0669. The van der Waals surface area contributed by atoms with Crippen LogP contribution < -0.4 is 0 Å². The minimum Gasteiger partial charge on any atom is -0.333 e. The molecule has 2 atom stereocenters.